The van der Waals surface area contributed by atoms with Crippen LogP contribution in [0.25, 0.3) is 0 Å². The number of para-hydroxylation sites is 1. The van der Waals surface area contributed by atoms with Crippen LogP contribution in [0.4, 0.5) is 15.8 Å². The van der Waals surface area contributed by atoms with Gasteiger partial charge in [0.15, 0.2) is 0 Å². The molecule has 33 heavy (non-hydrogen) atoms. The number of sulfonamides is 1. The molecule has 0 atom stereocenters. The number of nitrogens with one attached hydrogen (secondary N) is 2. The molecule has 0 bridgehead atoms. The normalized spacial score (nSPS) is 11.2. The Labute approximate surface area is 190 Å². The van der Waals surface area contributed by atoms with Gasteiger partial charge in [0, 0.05) is 29.3 Å². The van der Waals surface area contributed by atoms with E-state index in [2.05, 4.69) is 15.1 Å². The minimum Gasteiger partial charge on any atom is -0.322 e. The fraction of sp³-hybridized carbons (Fsp3) is 0.0833. The van der Waals surface area contributed by atoms with Gasteiger partial charge in [-0.15, -0.1) is 0 Å². The summed E-state index contributed by atoms with van der Waals surface area (Å²) in [6.45, 7) is 2.20. The van der Waals surface area contributed by atoms with Crippen LogP contribution in [0.5, 0.6) is 0 Å². The van der Waals surface area contributed by atoms with Crippen LogP contribution in [0.2, 0.25) is 0 Å². The maximum Gasteiger partial charge on any atom is 0.261 e. The largest absolute Gasteiger partial charge is 0.322 e. The Morgan fingerprint density at radius 1 is 1.03 bits per heavy atom. The third-order valence-electron chi connectivity index (χ3n) is 5.02. The molecule has 2 N–H and O–H groups in total. The van der Waals surface area contributed by atoms with Crippen molar-refractivity contribution in [2.45, 2.75) is 18.4 Å². The summed E-state index contributed by atoms with van der Waals surface area (Å²) >= 11 is 0. The van der Waals surface area contributed by atoms with E-state index in [4.69, 9.17) is 0 Å². The molecule has 0 saturated carbocycles. The smallest absolute Gasteiger partial charge is 0.261 e. The van der Waals surface area contributed by atoms with Crippen LogP contribution in [0.3, 0.4) is 0 Å². The molecule has 0 radical (unpaired) electrons. The lowest BCUT2D eigenvalue weighted by molar-refractivity contribution is 0.102. The summed E-state index contributed by atoms with van der Waals surface area (Å²) in [6.07, 6.45) is 3.50. The molecule has 7 nitrogen and oxygen atoms in total. The second-order valence-electron chi connectivity index (χ2n) is 7.40. The standard InChI is InChI=1S/C24H21FN4O3S/c1-17-7-12-21(33(31,32)28-20-10-8-19(25)9-11-20)15-22(17)24(30)27-23-6-3-2-5-18(23)16-29-14-4-13-26-29/h2-15,28H,16H2,1H3,(H,27,30). The summed E-state index contributed by atoms with van der Waals surface area (Å²) in [5, 5.41) is 7.07. The average Bonchev–Trinajstić information content (AvgIpc) is 3.30. The van der Waals surface area contributed by atoms with E-state index < -0.39 is 21.7 Å². The monoisotopic (exact) mass is 464 g/mol. The summed E-state index contributed by atoms with van der Waals surface area (Å²) in [5.41, 5.74) is 2.53. The summed E-state index contributed by atoms with van der Waals surface area (Å²) < 4.78 is 42.9. The molecule has 168 valence electrons. The number of hydrogen-bond acceptors (Lipinski definition) is 4. The fourth-order valence-electron chi connectivity index (χ4n) is 3.28. The van der Waals surface area contributed by atoms with Crippen LogP contribution < -0.4 is 10.0 Å². The Kier molecular flexibility index (Phi) is 6.23. The fourth-order valence-corrected chi connectivity index (χ4v) is 4.37. The van der Waals surface area contributed by atoms with Gasteiger partial charge in [0.25, 0.3) is 15.9 Å². The number of benzene rings is 3. The third kappa shape index (κ3) is 5.27. The van der Waals surface area contributed by atoms with Crippen LogP contribution >= 0.6 is 0 Å². The van der Waals surface area contributed by atoms with Crippen molar-refractivity contribution in [3.05, 3.63) is 108 Å². The van der Waals surface area contributed by atoms with Crippen molar-refractivity contribution >= 4 is 27.3 Å². The van der Waals surface area contributed by atoms with Gasteiger partial charge >= 0.3 is 0 Å². The molecule has 4 rings (SSSR count). The van der Waals surface area contributed by atoms with Gasteiger partial charge in [0.1, 0.15) is 5.82 Å². The van der Waals surface area contributed by atoms with Crippen molar-refractivity contribution in [1.29, 1.82) is 0 Å². The maximum absolute atomic E-state index is 13.1. The molecule has 4 aromatic rings. The van der Waals surface area contributed by atoms with Crippen LogP contribution in [0, 0.1) is 12.7 Å². The molecule has 0 fully saturated rings. The van der Waals surface area contributed by atoms with E-state index in [-0.39, 0.29) is 16.1 Å². The average molecular weight is 465 g/mol. The first kappa shape index (κ1) is 22.2. The first-order chi connectivity index (χ1) is 15.8. The van der Waals surface area contributed by atoms with Gasteiger partial charge in [-0.25, -0.2) is 12.8 Å². The predicted octanol–water partition coefficient (Wildman–Crippen LogP) is 4.43. The van der Waals surface area contributed by atoms with Gasteiger partial charge < -0.3 is 5.32 Å². The lowest BCUT2D eigenvalue weighted by Crippen LogP contribution is -2.18. The van der Waals surface area contributed by atoms with Crippen LogP contribution in [0.15, 0.2) is 90.1 Å². The summed E-state index contributed by atoms with van der Waals surface area (Å²) in [7, 11) is -3.98. The highest BCUT2D eigenvalue weighted by molar-refractivity contribution is 7.92. The predicted molar refractivity (Wildman–Crippen MR) is 124 cm³/mol. The van der Waals surface area contributed by atoms with Crippen molar-refractivity contribution in [2.24, 2.45) is 0 Å². The van der Waals surface area contributed by atoms with Crippen molar-refractivity contribution in [3.8, 4) is 0 Å². The number of carbonyl (C=O) groups is 1. The van der Waals surface area contributed by atoms with E-state index in [1.165, 1.54) is 24.3 Å². The molecular weight excluding hydrogens is 443 g/mol. The van der Waals surface area contributed by atoms with Crippen molar-refractivity contribution in [1.82, 2.24) is 9.78 Å². The minimum atomic E-state index is -3.98. The van der Waals surface area contributed by atoms with E-state index in [0.29, 0.717) is 17.8 Å². The number of hydrogen-bond donors (Lipinski definition) is 2. The zero-order chi connectivity index (χ0) is 23.4. The van der Waals surface area contributed by atoms with E-state index >= 15 is 0 Å². The molecule has 0 aliphatic carbocycles. The zero-order valence-corrected chi connectivity index (χ0v) is 18.5. The second-order valence-corrected chi connectivity index (χ2v) is 9.09. The molecular formula is C24H21FN4O3S. The molecule has 0 aliphatic heterocycles. The molecule has 3 aromatic carbocycles. The summed E-state index contributed by atoms with van der Waals surface area (Å²) in [6, 6.07) is 18.4. The van der Waals surface area contributed by atoms with Gasteiger partial charge in [-0.2, -0.15) is 5.10 Å². The Hall–Kier alpha value is -3.98. The molecule has 1 heterocycles. The summed E-state index contributed by atoms with van der Waals surface area (Å²) in [5.74, 6) is -0.903. The number of anilines is 2. The highest BCUT2D eigenvalue weighted by Crippen LogP contribution is 2.22. The topological polar surface area (TPSA) is 93.1 Å². The Morgan fingerprint density at radius 2 is 1.79 bits per heavy atom. The van der Waals surface area contributed by atoms with E-state index in [9.17, 15) is 17.6 Å². The van der Waals surface area contributed by atoms with Gasteiger partial charge in [-0.3, -0.25) is 14.2 Å². The van der Waals surface area contributed by atoms with E-state index in [1.54, 1.807) is 29.9 Å². The minimum absolute atomic E-state index is 0.0765. The van der Waals surface area contributed by atoms with Gasteiger partial charge in [-0.1, -0.05) is 24.3 Å². The zero-order valence-electron chi connectivity index (χ0n) is 17.7. The lowest BCUT2D eigenvalue weighted by atomic mass is 10.1. The molecule has 0 spiro atoms. The number of carbonyl (C=O) groups excluding carboxylic acids is 1. The van der Waals surface area contributed by atoms with Crippen molar-refractivity contribution in [3.63, 3.8) is 0 Å². The number of aryl methyl sites for hydroxylation is 1. The molecule has 0 saturated heterocycles. The number of halogens is 1. The second kappa shape index (κ2) is 9.25. The van der Waals surface area contributed by atoms with Crippen LogP contribution in [-0.2, 0) is 16.6 Å². The van der Waals surface area contributed by atoms with Crippen molar-refractivity contribution < 1.29 is 17.6 Å². The van der Waals surface area contributed by atoms with E-state index in [1.807, 2.05) is 30.5 Å². The molecule has 0 aliphatic rings. The molecule has 1 amide bonds. The highest BCUT2D eigenvalue weighted by Gasteiger charge is 2.19. The summed E-state index contributed by atoms with van der Waals surface area (Å²) in [4.78, 5) is 13.0. The van der Waals surface area contributed by atoms with Gasteiger partial charge in [0.2, 0.25) is 0 Å². The van der Waals surface area contributed by atoms with E-state index in [0.717, 1.165) is 17.7 Å². The van der Waals surface area contributed by atoms with Gasteiger partial charge in [0.05, 0.1) is 11.4 Å². The number of aromatic nitrogens is 2. The molecule has 0 unspecified atom stereocenters. The number of nitrogens with zero attached hydrogens (tertiary/aromatic N) is 2. The number of amides is 1. The van der Waals surface area contributed by atoms with Crippen LogP contribution in [-0.4, -0.2) is 24.1 Å². The molecule has 9 heteroatoms. The first-order valence-electron chi connectivity index (χ1n) is 10.1. The van der Waals surface area contributed by atoms with Crippen molar-refractivity contribution in [2.75, 3.05) is 10.0 Å². The quantitative estimate of drug-likeness (QED) is 0.423. The Bertz CT molecular complexity index is 1390. The SMILES string of the molecule is Cc1ccc(S(=O)(=O)Nc2ccc(F)cc2)cc1C(=O)Nc1ccccc1Cn1cccn1. The maximum atomic E-state index is 13.1. The Morgan fingerprint density at radius 3 is 2.52 bits per heavy atom. The highest BCUT2D eigenvalue weighted by atomic mass is 32.2. The Balaban J connectivity index is 1.58. The van der Waals surface area contributed by atoms with Crippen LogP contribution in [0.1, 0.15) is 21.5 Å². The molecule has 1 aromatic heterocycles. The lowest BCUT2D eigenvalue weighted by Gasteiger charge is -2.14. The first-order valence-corrected chi connectivity index (χ1v) is 11.6. The number of rotatable bonds is 7. The van der Waals surface area contributed by atoms with Gasteiger partial charge in [-0.05, 0) is 66.6 Å². The third-order valence-corrected chi connectivity index (χ3v) is 6.40.